The molecular formula is C34H42N2O. The van der Waals surface area contributed by atoms with E-state index in [4.69, 9.17) is 0 Å². The van der Waals surface area contributed by atoms with Crippen LogP contribution in [0, 0.1) is 19.8 Å². The number of Topliss-reactive ketones (excluding diaryl/α,β-unsaturated/α-hetero) is 1. The molecule has 2 aliphatic rings. The number of benzene rings is 3. The Kier molecular flexibility index (Phi) is 8.53. The second kappa shape index (κ2) is 12.2. The van der Waals surface area contributed by atoms with Crippen LogP contribution < -0.4 is 0 Å². The predicted octanol–water partition coefficient (Wildman–Crippen LogP) is 7.13. The molecule has 0 spiro atoms. The van der Waals surface area contributed by atoms with Crippen LogP contribution in [-0.2, 0) is 26.1 Å². The maximum absolute atomic E-state index is 13.2. The Balaban J connectivity index is 1.13. The van der Waals surface area contributed by atoms with Crippen molar-refractivity contribution in [3.8, 4) is 0 Å². The Morgan fingerprint density at radius 3 is 2.11 bits per heavy atom. The number of nitrogens with zero attached hydrogens (tertiary/aromatic N) is 2. The lowest BCUT2D eigenvalue weighted by Crippen LogP contribution is -2.33. The number of fused-ring (bicyclic) bond motifs is 1. The van der Waals surface area contributed by atoms with E-state index in [9.17, 15) is 4.79 Å². The zero-order valence-electron chi connectivity index (χ0n) is 22.7. The quantitative estimate of drug-likeness (QED) is 0.311. The summed E-state index contributed by atoms with van der Waals surface area (Å²) in [5.74, 6) is 0.988. The highest BCUT2D eigenvalue weighted by molar-refractivity contribution is 5.96. The first-order chi connectivity index (χ1) is 18.0. The molecule has 0 aliphatic carbocycles. The van der Waals surface area contributed by atoms with Crippen LogP contribution in [0.2, 0.25) is 0 Å². The summed E-state index contributed by atoms with van der Waals surface area (Å²) in [5, 5.41) is 0. The molecule has 3 aromatic rings. The van der Waals surface area contributed by atoms with Crippen LogP contribution in [0.25, 0.3) is 0 Å². The third-order valence-corrected chi connectivity index (χ3v) is 8.64. The van der Waals surface area contributed by atoms with Gasteiger partial charge in [-0.15, -0.1) is 0 Å². The van der Waals surface area contributed by atoms with Crippen LogP contribution in [0.15, 0.2) is 66.7 Å². The van der Waals surface area contributed by atoms with Gasteiger partial charge in [0.2, 0.25) is 0 Å². The van der Waals surface area contributed by atoms with E-state index in [-0.39, 0.29) is 0 Å². The van der Waals surface area contributed by atoms with Gasteiger partial charge in [-0.1, -0.05) is 60.7 Å². The van der Waals surface area contributed by atoms with Crippen molar-refractivity contribution in [2.24, 2.45) is 5.92 Å². The lowest BCUT2D eigenvalue weighted by molar-refractivity contribution is 0.0961. The first-order valence-corrected chi connectivity index (χ1v) is 14.2. The number of aryl methyl sites for hydroxylation is 3. The maximum Gasteiger partial charge on any atom is 0.162 e. The Labute approximate surface area is 223 Å². The summed E-state index contributed by atoms with van der Waals surface area (Å²) in [4.78, 5) is 18.3. The highest BCUT2D eigenvalue weighted by atomic mass is 16.1. The molecule has 0 radical (unpaired) electrons. The number of carbonyl (C=O) groups excluding carboxylic acids is 1. The van der Waals surface area contributed by atoms with Crippen molar-refractivity contribution in [2.45, 2.75) is 72.0 Å². The normalized spacial score (nSPS) is 17.4. The molecule has 0 saturated carbocycles. The van der Waals surface area contributed by atoms with Gasteiger partial charge in [0, 0.05) is 31.6 Å². The number of likely N-dealkylation sites (tertiary alicyclic amines) is 1. The molecule has 3 nitrogen and oxygen atoms in total. The van der Waals surface area contributed by atoms with Gasteiger partial charge in [-0.05, 0) is 111 Å². The van der Waals surface area contributed by atoms with Gasteiger partial charge in [0.15, 0.2) is 5.78 Å². The monoisotopic (exact) mass is 494 g/mol. The summed E-state index contributed by atoms with van der Waals surface area (Å²) < 4.78 is 0. The van der Waals surface area contributed by atoms with E-state index >= 15 is 0 Å². The molecule has 3 heteroatoms. The fourth-order valence-corrected chi connectivity index (χ4v) is 6.11. The SMILES string of the molecule is Cc1ccccc1CN1CCC(CCC(=O)c2ccc3c(c2)CN(Cc2ccccc2C)CCC3)CC1. The van der Waals surface area contributed by atoms with Gasteiger partial charge in [0.05, 0.1) is 0 Å². The average molecular weight is 495 g/mol. The predicted molar refractivity (Wildman–Crippen MR) is 153 cm³/mol. The third-order valence-electron chi connectivity index (χ3n) is 8.64. The van der Waals surface area contributed by atoms with Crippen molar-refractivity contribution in [1.82, 2.24) is 9.80 Å². The van der Waals surface area contributed by atoms with Crippen LogP contribution >= 0.6 is 0 Å². The highest BCUT2D eigenvalue weighted by Crippen LogP contribution is 2.26. The molecule has 37 heavy (non-hydrogen) atoms. The largest absolute Gasteiger partial charge is 0.299 e. The Morgan fingerprint density at radius 2 is 1.43 bits per heavy atom. The fraction of sp³-hybridized carbons (Fsp3) is 0.441. The number of rotatable bonds is 8. The van der Waals surface area contributed by atoms with E-state index in [0.717, 1.165) is 57.7 Å². The first kappa shape index (κ1) is 25.9. The number of carbonyl (C=O) groups is 1. The Morgan fingerprint density at radius 1 is 0.784 bits per heavy atom. The standard InChI is InChI=1S/C34H42N2O/c1-26-8-3-5-10-31(26)23-35-20-17-28(18-21-35)13-16-34(37)30-15-14-29-12-7-19-36(25-33(29)22-30)24-32-11-6-4-9-27(32)2/h3-6,8-11,14-15,22,28H,7,12-13,16-21,23-25H2,1-2H3. The summed E-state index contributed by atoms with van der Waals surface area (Å²) in [5.41, 5.74) is 9.27. The molecule has 1 saturated heterocycles. The molecule has 0 bridgehead atoms. The van der Waals surface area contributed by atoms with Gasteiger partial charge < -0.3 is 0 Å². The van der Waals surface area contributed by atoms with Crippen LogP contribution in [-0.4, -0.2) is 35.2 Å². The highest BCUT2D eigenvalue weighted by Gasteiger charge is 2.22. The molecule has 0 unspecified atom stereocenters. The number of piperidine rings is 1. The number of hydrogen-bond donors (Lipinski definition) is 0. The van der Waals surface area contributed by atoms with Crippen LogP contribution in [0.5, 0.6) is 0 Å². The van der Waals surface area contributed by atoms with Crippen molar-refractivity contribution in [1.29, 1.82) is 0 Å². The Bertz CT molecular complexity index is 1210. The van der Waals surface area contributed by atoms with Gasteiger partial charge in [0.25, 0.3) is 0 Å². The van der Waals surface area contributed by atoms with Crippen LogP contribution in [0.1, 0.15) is 75.8 Å². The molecule has 3 aromatic carbocycles. The lowest BCUT2D eigenvalue weighted by Gasteiger charge is -2.32. The van der Waals surface area contributed by atoms with Crippen molar-refractivity contribution < 1.29 is 4.79 Å². The minimum Gasteiger partial charge on any atom is -0.299 e. The van der Waals surface area contributed by atoms with Gasteiger partial charge in [0.1, 0.15) is 0 Å². The van der Waals surface area contributed by atoms with Crippen LogP contribution in [0.4, 0.5) is 0 Å². The first-order valence-electron chi connectivity index (χ1n) is 14.2. The maximum atomic E-state index is 13.2. The average Bonchev–Trinajstić information content (AvgIpc) is 3.12. The summed E-state index contributed by atoms with van der Waals surface area (Å²) >= 11 is 0. The number of hydrogen-bond acceptors (Lipinski definition) is 3. The zero-order chi connectivity index (χ0) is 25.6. The molecule has 194 valence electrons. The third kappa shape index (κ3) is 6.77. The topological polar surface area (TPSA) is 23.6 Å². The molecule has 2 heterocycles. The van der Waals surface area contributed by atoms with Crippen molar-refractivity contribution in [3.05, 3.63) is 106 Å². The van der Waals surface area contributed by atoms with Gasteiger partial charge >= 0.3 is 0 Å². The van der Waals surface area contributed by atoms with Gasteiger partial charge in [-0.25, -0.2) is 0 Å². The smallest absolute Gasteiger partial charge is 0.162 e. The van der Waals surface area contributed by atoms with Gasteiger partial charge in [-0.3, -0.25) is 14.6 Å². The number of ketones is 1. The lowest BCUT2D eigenvalue weighted by atomic mass is 9.89. The second-order valence-electron chi connectivity index (χ2n) is 11.3. The minimum atomic E-state index is 0.319. The van der Waals surface area contributed by atoms with Crippen LogP contribution in [0.3, 0.4) is 0 Å². The fourth-order valence-electron chi connectivity index (χ4n) is 6.11. The summed E-state index contributed by atoms with van der Waals surface area (Å²) in [6.07, 6.45) is 6.39. The molecule has 0 atom stereocenters. The Hall–Kier alpha value is -2.75. The molecule has 0 amide bonds. The van der Waals surface area contributed by atoms with E-state index in [1.807, 2.05) is 0 Å². The molecule has 1 fully saturated rings. The van der Waals surface area contributed by atoms with Crippen molar-refractivity contribution >= 4 is 5.78 Å². The molecule has 5 rings (SSSR count). The van der Waals surface area contributed by atoms with Gasteiger partial charge in [-0.2, -0.15) is 0 Å². The summed E-state index contributed by atoms with van der Waals surface area (Å²) in [6, 6.07) is 23.9. The zero-order valence-corrected chi connectivity index (χ0v) is 22.7. The van der Waals surface area contributed by atoms with Crippen molar-refractivity contribution in [2.75, 3.05) is 19.6 Å². The molecule has 2 aliphatic heterocycles. The second-order valence-corrected chi connectivity index (χ2v) is 11.3. The molecule has 0 N–H and O–H groups in total. The summed E-state index contributed by atoms with van der Waals surface area (Å²) in [6.45, 7) is 10.8. The van der Waals surface area contributed by atoms with E-state index < -0.39 is 0 Å². The molecule has 0 aromatic heterocycles. The van der Waals surface area contributed by atoms with E-state index in [1.54, 1.807) is 0 Å². The minimum absolute atomic E-state index is 0.319. The van der Waals surface area contributed by atoms with E-state index in [0.29, 0.717) is 18.1 Å². The molecular weight excluding hydrogens is 452 g/mol. The van der Waals surface area contributed by atoms with E-state index in [2.05, 4.69) is 90.4 Å². The van der Waals surface area contributed by atoms with Crippen molar-refractivity contribution in [3.63, 3.8) is 0 Å². The summed E-state index contributed by atoms with van der Waals surface area (Å²) in [7, 11) is 0. The van der Waals surface area contributed by atoms with E-state index in [1.165, 1.54) is 52.6 Å².